The number of carbonyl (C=O) groups excluding carboxylic acids is 2. The lowest BCUT2D eigenvalue weighted by molar-refractivity contribution is -0.134. The van der Waals surface area contributed by atoms with Crippen molar-refractivity contribution in [3.05, 3.63) is 83.7 Å². The van der Waals surface area contributed by atoms with E-state index in [9.17, 15) is 9.59 Å². The third-order valence-corrected chi connectivity index (χ3v) is 7.89. The van der Waals surface area contributed by atoms with Crippen LogP contribution in [0.4, 0.5) is 0 Å². The Hall–Kier alpha value is -4.20. The number of para-hydroxylation sites is 2. The lowest BCUT2D eigenvalue weighted by atomic mass is 9.92. The number of methoxy groups -OCH3 is 1. The van der Waals surface area contributed by atoms with Crippen LogP contribution < -0.4 is 4.74 Å². The minimum atomic E-state index is -0.760. The Bertz CT molecular complexity index is 1540. The third-order valence-electron chi connectivity index (χ3n) is 7.89. The molecule has 1 amide bonds. The third kappa shape index (κ3) is 2.87. The first-order chi connectivity index (χ1) is 17.5. The Kier molecular flexibility index (Phi) is 4.34. The van der Waals surface area contributed by atoms with Crippen LogP contribution in [0, 0.1) is 0 Å². The summed E-state index contributed by atoms with van der Waals surface area (Å²) >= 11 is 0. The molecular formula is C28H24N4O4. The number of hydrogen-bond acceptors (Lipinski definition) is 6. The second kappa shape index (κ2) is 7.40. The molecule has 3 aliphatic rings. The summed E-state index contributed by atoms with van der Waals surface area (Å²) < 4.78 is 13.3. The lowest BCUT2D eigenvalue weighted by Crippen LogP contribution is -2.40. The number of carbonyl (C=O) groups is 2. The van der Waals surface area contributed by atoms with Gasteiger partial charge in [0.05, 0.1) is 41.4 Å². The van der Waals surface area contributed by atoms with E-state index < -0.39 is 11.0 Å². The van der Waals surface area contributed by atoms with Crippen LogP contribution in [-0.2, 0) is 20.5 Å². The van der Waals surface area contributed by atoms with Crippen LogP contribution in [0.25, 0.3) is 16.7 Å². The summed E-state index contributed by atoms with van der Waals surface area (Å²) in [5, 5.41) is 0. The molecule has 8 nitrogen and oxygen atoms in total. The largest absolute Gasteiger partial charge is 0.468 e. The molecule has 1 saturated heterocycles. The van der Waals surface area contributed by atoms with Gasteiger partial charge in [-0.2, -0.15) is 4.98 Å². The fourth-order valence-electron chi connectivity index (χ4n) is 5.87. The molecule has 1 aliphatic carbocycles. The number of rotatable bonds is 4. The van der Waals surface area contributed by atoms with E-state index in [1.807, 2.05) is 64.1 Å². The van der Waals surface area contributed by atoms with Crippen LogP contribution in [0.1, 0.15) is 40.7 Å². The maximum Gasteiger partial charge on any atom is 0.341 e. The Balaban J connectivity index is 1.17. The molecule has 8 heteroatoms. The zero-order valence-electron chi connectivity index (χ0n) is 19.8. The summed E-state index contributed by atoms with van der Waals surface area (Å²) in [6.07, 6.45) is 5.46. The summed E-state index contributed by atoms with van der Waals surface area (Å²) in [6.45, 7) is 0.943. The van der Waals surface area contributed by atoms with Gasteiger partial charge in [0.25, 0.3) is 0 Å². The van der Waals surface area contributed by atoms with Gasteiger partial charge in [-0.15, -0.1) is 0 Å². The van der Waals surface area contributed by atoms with Gasteiger partial charge in [-0.1, -0.05) is 24.3 Å². The Morgan fingerprint density at radius 3 is 2.64 bits per heavy atom. The molecule has 1 unspecified atom stereocenters. The summed E-state index contributed by atoms with van der Waals surface area (Å²) in [7, 11) is 1.61. The maximum absolute atomic E-state index is 13.8. The van der Waals surface area contributed by atoms with E-state index in [0.29, 0.717) is 31.1 Å². The van der Waals surface area contributed by atoms with Crippen molar-refractivity contribution in [2.24, 2.45) is 0 Å². The van der Waals surface area contributed by atoms with Crippen LogP contribution in [-0.4, -0.2) is 51.5 Å². The quantitative estimate of drug-likeness (QED) is 0.414. The molecule has 2 fully saturated rings. The summed E-state index contributed by atoms with van der Waals surface area (Å²) in [6, 6.07) is 18.4. The van der Waals surface area contributed by atoms with Crippen molar-refractivity contribution in [2.45, 2.75) is 30.3 Å². The van der Waals surface area contributed by atoms with Gasteiger partial charge in [0, 0.05) is 30.9 Å². The van der Waals surface area contributed by atoms with E-state index in [-0.39, 0.29) is 11.9 Å². The standard InChI is InChI=1S/C28H24N4O4/c1-35-26-30-22-4-2-3-5-23(22)32(26)19-8-6-18(7-9-19)27(11-12-27)25(34)31-15-13-28(17-31)21-10-14-29-16-20(21)24(33)36-28/h2-10,14,16H,11-13,15,17H2,1H3. The molecule has 1 spiro atoms. The maximum atomic E-state index is 13.8. The molecule has 2 aromatic carbocycles. The van der Waals surface area contributed by atoms with Gasteiger partial charge >= 0.3 is 12.0 Å². The van der Waals surface area contributed by atoms with Crippen molar-refractivity contribution in [1.29, 1.82) is 0 Å². The number of hydrogen-bond donors (Lipinski definition) is 0. The number of imidazole rings is 1. The number of likely N-dealkylation sites (tertiary alicyclic amines) is 1. The van der Waals surface area contributed by atoms with E-state index in [1.165, 1.54) is 0 Å². The number of esters is 1. The lowest BCUT2D eigenvalue weighted by Gasteiger charge is -2.27. The van der Waals surface area contributed by atoms with E-state index in [1.54, 1.807) is 19.5 Å². The number of benzene rings is 2. The fraction of sp³-hybridized carbons (Fsp3) is 0.286. The molecule has 4 heterocycles. The van der Waals surface area contributed by atoms with Crippen molar-refractivity contribution in [1.82, 2.24) is 19.4 Å². The number of pyridine rings is 1. The average Bonchev–Trinajstić information content (AvgIpc) is 3.36. The Labute approximate surface area is 207 Å². The predicted octanol–water partition coefficient (Wildman–Crippen LogP) is 3.76. The van der Waals surface area contributed by atoms with E-state index in [0.717, 1.165) is 40.7 Å². The van der Waals surface area contributed by atoms with Gasteiger partial charge in [-0.3, -0.25) is 14.3 Å². The molecule has 0 bridgehead atoms. The zero-order valence-corrected chi connectivity index (χ0v) is 19.8. The highest BCUT2D eigenvalue weighted by molar-refractivity contribution is 5.95. The van der Waals surface area contributed by atoms with Gasteiger partial charge in [0.15, 0.2) is 5.60 Å². The van der Waals surface area contributed by atoms with Crippen molar-refractivity contribution in [2.75, 3.05) is 20.2 Å². The highest BCUT2D eigenvalue weighted by Gasteiger charge is 2.57. The number of ether oxygens (including phenoxy) is 2. The number of amides is 1. The van der Waals surface area contributed by atoms with Crippen molar-refractivity contribution in [3.8, 4) is 11.7 Å². The predicted molar refractivity (Wildman–Crippen MR) is 131 cm³/mol. The van der Waals surface area contributed by atoms with E-state index in [2.05, 4.69) is 9.97 Å². The van der Waals surface area contributed by atoms with Crippen LogP contribution in [0.15, 0.2) is 67.0 Å². The van der Waals surface area contributed by atoms with Crippen molar-refractivity contribution in [3.63, 3.8) is 0 Å². The van der Waals surface area contributed by atoms with Gasteiger partial charge in [0.1, 0.15) is 0 Å². The molecule has 0 radical (unpaired) electrons. The summed E-state index contributed by atoms with van der Waals surface area (Å²) in [4.78, 5) is 36.7. The minimum absolute atomic E-state index is 0.108. The molecule has 2 aliphatic heterocycles. The number of aromatic nitrogens is 3. The highest BCUT2D eigenvalue weighted by Crippen LogP contribution is 2.52. The Morgan fingerprint density at radius 2 is 1.86 bits per heavy atom. The second-order valence-corrected chi connectivity index (χ2v) is 9.83. The van der Waals surface area contributed by atoms with Gasteiger partial charge < -0.3 is 14.4 Å². The SMILES string of the molecule is COc1nc2ccccc2n1-c1ccc(C2(C(=O)N3CCC4(C3)OC(=O)c3cnccc34)CC2)cc1. The number of nitrogens with zero attached hydrogens (tertiary/aromatic N) is 4. The van der Waals surface area contributed by atoms with E-state index in [4.69, 9.17) is 9.47 Å². The first-order valence-corrected chi connectivity index (χ1v) is 12.1. The molecule has 180 valence electrons. The van der Waals surface area contributed by atoms with Gasteiger partial charge in [-0.25, -0.2) is 4.79 Å². The van der Waals surface area contributed by atoms with E-state index >= 15 is 0 Å². The molecular weight excluding hydrogens is 456 g/mol. The molecule has 2 aromatic heterocycles. The average molecular weight is 481 g/mol. The second-order valence-electron chi connectivity index (χ2n) is 9.83. The molecule has 4 aromatic rings. The van der Waals surface area contributed by atoms with Crippen LogP contribution in [0.3, 0.4) is 0 Å². The first kappa shape index (κ1) is 21.1. The summed E-state index contributed by atoms with van der Waals surface area (Å²) in [5.41, 5.74) is 3.83. The van der Waals surface area contributed by atoms with Crippen molar-refractivity contribution < 1.29 is 19.1 Å². The molecule has 0 N–H and O–H groups in total. The first-order valence-electron chi connectivity index (χ1n) is 12.1. The molecule has 7 rings (SSSR count). The van der Waals surface area contributed by atoms with Gasteiger partial charge in [0.2, 0.25) is 5.91 Å². The molecule has 1 saturated carbocycles. The smallest absolute Gasteiger partial charge is 0.341 e. The van der Waals surface area contributed by atoms with Gasteiger partial charge in [-0.05, 0) is 48.7 Å². The Morgan fingerprint density at radius 1 is 1.06 bits per heavy atom. The fourth-order valence-corrected chi connectivity index (χ4v) is 5.87. The van der Waals surface area contributed by atoms with Crippen LogP contribution in [0.5, 0.6) is 6.01 Å². The highest BCUT2D eigenvalue weighted by atomic mass is 16.6. The monoisotopic (exact) mass is 480 g/mol. The summed E-state index contributed by atoms with van der Waals surface area (Å²) in [5.74, 6) is -0.247. The van der Waals surface area contributed by atoms with Crippen molar-refractivity contribution >= 4 is 22.9 Å². The normalized spacial score (nSPS) is 21.6. The van der Waals surface area contributed by atoms with Crippen LogP contribution >= 0.6 is 0 Å². The zero-order chi connectivity index (χ0) is 24.5. The number of fused-ring (bicyclic) bond motifs is 3. The topological polar surface area (TPSA) is 86.5 Å². The minimum Gasteiger partial charge on any atom is -0.468 e. The van der Waals surface area contributed by atoms with Crippen LogP contribution in [0.2, 0.25) is 0 Å². The molecule has 36 heavy (non-hydrogen) atoms. The molecule has 1 atom stereocenters.